The summed E-state index contributed by atoms with van der Waals surface area (Å²) in [6.07, 6.45) is 9.77. The Morgan fingerprint density at radius 1 is 0.957 bits per heavy atom. The van der Waals surface area contributed by atoms with Crippen molar-refractivity contribution in [1.82, 2.24) is 0 Å². The summed E-state index contributed by atoms with van der Waals surface area (Å²) in [6, 6.07) is 11.8. The predicted molar refractivity (Wildman–Crippen MR) is 95.1 cm³/mol. The van der Waals surface area contributed by atoms with Gasteiger partial charge in [-0.25, -0.2) is 4.39 Å². The highest BCUT2D eigenvalue weighted by Gasteiger charge is 2.35. The van der Waals surface area contributed by atoms with Crippen molar-refractivity contribution in [1.29, 1.82) is 0 Å². The van der Waals surface area contributed by atoms with Gasteiger partial charge in [-0.2, -0.15) is 0 Å². The molecule has 0 bridgehead atoms. The summed E-state index contributed by atoms with van der Waals surface area (Å²) >= 11 is 0. The van der Waals surface area contributed by atoms with Gasteiger partial charge in [0.05, 0.1) is 0 Å². The fourth-order valence-corrected chi connectivity index (χ4v) is 5.18. The summed E-state index contributed by atoms with van der Waals surface area (Å²) in [6.45, 7) is 2.35. The average molecular weight is 310 g/mol. The van der Waals surface area contributed by atoms with Gasteiger partial charge in [0.15, 0.2) is 0 Å². The normalized spacial score (nSPS) is 31.0. The third-order valence-electron chi connectivity index (χ3n) is 6.62. The third kappa shape index (κ3) is 2.91. The minimum atomic E-state index is -0.101. The van der Waals surface area contributed by atoms with Crippen LogP contribution in [0.1, 0.15) is 63.4 Å². The van der Waals surface area contributed by atoms with E-state index in [1.54, 1.807) is 6.07 Å². The second kappa shape index (κ2) is 6.26. The van der Waals surface area contributed by atoms with E-state index in [0.717, 1.165) is 28.5 Å². The van der Waals surface area contributed by atoms with Crippen LogP contribution in [0.4, 0.5) is 4.39 Å². The molecule has 0 spiro atoms. The van der Waals surface area contributed by atoms with Crippen LogP contribution in [0, 0.1) is 23.6 Å². The quantitative estimate of drug-likeness (QED) is 0.579. The zero-order chi connectivity index (χ0) is 15.8. The lowest BCUT2D eigenvalue weighted by Crippen LogP contribution is -2.30. The Morgan fingerprint density at radius 2 is 1.78 bits per heavy atom. The molecule has 23 heavy (non-hydrogen) atoms. The summed E-state index contributed by atoms with van der Waals surface area (Å²) < 4.78 is 13.9. The Kier molecular flexibility index (Phi) is 4.13. The first-order valence-electron chi connectivity index (χ1n) is 9.42. The minimum absolute atomic E-state index is 0.101. The van der Waals surface area contributed by atoms with Gasteiger partial charge in [-0.3, -0.25) is 0 Å². The highest BCUT2D eigenvalue weighted by atomic mass is 19.1. The van der Waals surface area contributed by atoms with Crippen molar-refractivity contribution in [2.45, 2.75) is 57.8 Å². The van der Waals surface area contributed by atoms with Crippen molar-refractivity contribution in [3.8, 4) is 0 Å². The predicted octanol–water partition coefficient (Wildman–Crippen LogP) is 6.69. The molecule has 0 amide bonds. The van der Waals surface area contributed by atoms with E-state index < -0.39 is 0 Å². The SMILES string of the molecule is CCC1CCC2CC(c3ccc4c(F)cccc4c3)CCC2C1. The van der Waals surface area contributed by atoms with Gasteiger partial charge in [0.2, 0.25) is 0 Å². The lowest BCUT2D eigenvalue weighted by atomic mass is 9.63. The Labute approximate surface area is 139 Å². The number of hydrogen-bond donors (Lipinski definition) is 0. The molecule has 4 atom stereocenters. The molecule has 2 fully saturated rings. The van der Waals surface area contributed by atoms with E-state index >= 15 is 0 Å². The fraction of sp³-hybridized carbons (Fsp3) is 0.545. The van der Waals surface area contributed by atoms with Gasteiger partial charge in [0.25, 0.3) is 0 Å². The van der Waals surface area contributed by atoms with E-state index in [4.69, 9.17) is 0 Å². The van der Waals surface area contributed by atoms with Crippen LogP contribution in [0.3, 0.4) is 0 Å². The van der Waals surface area contributed by atoms with Gasteiger partial charge in [-0.05, 0) is 72.8 Å². The molecule has 2 saturated carbocycles. The number of fused-ring (bicyclic) bond motifs is 2. The van der Waals surface area contributed by atoms with Crippen LogP contribution < -0.4 is 0 Å². The second-order valence-electron chi connectivity index (χ2n) is 7.84. The van der Waals surface area contributed by atoms with Crippen molar-refractivity contribution in [2.75, 3.05) is 0 Å². The van der Waals surface area contributed by atoms with Gasteiger partial charge in [0, 0.05) is 5.39 Å². The highest BCUT2D eigenvalue weighted by molar-refractivity contribution is 5.83. The number of rotatable bonds is 2. The average Bonchev–Trinajstić information content (AvgIpc) is 2.60. The summed E-state index contributed by atoms with van der Waals surface area (Å²) in [5.41, 5.74) is 1.43. The Balaban J connectivity index is 1.53. The van der Waals surface area contributed by atoms with Gasteiger partial charge in [-0.15, -0.1) is 0 Å². The molecule has 1 heteroatoms. The smallest absolute Gasteiger partial charge is 0.131 e. The lowest BCUT2D eigenvalue weighted by molar-refractivity contribution is 0.116. The molecule has 2 aromatic rings. The maximum Gasteiger partial charge on any atom is 0.131 e. The molecule has 0 heterocycles. The van der Waals surface area contributed by atoms with Gasteiger partial charge in [0.1, 0.15) is 5.82 Å². The van der Waals surface area contributed by atoms with Crippen LogP contribution in [0.15, 0.2) is 36.4 Å². The molecule has 0 nitrogen and oxygen atoms in total. The summed E-state index contributed by atoms with van der Waals surface area (Å²) in [7, 11) is 0. The van der Waals surface area contributed by atoms with Gasteiger partial charge < -0.3 is 0 Å². The molecule has 0 radical (unpaired) electrons. The Morgan fingerprint density at radius 3 is 2.65 bits per heavy atom. The fourth-order valence-electron chi connectivity index (χ4n) is 5.18. The maximum atomic E-state index is 13.9. The Hall–Kier alpha value is -1.37. The van der Waals surface area contributed by atoms with Crippen LogP contribution in [0.2, 0.25) is 0 Å². The van der Waals surface area contributed by atoms with Crippen LogP contribution in [-0.2, 0) is 0 Å². The van der Waals surface area contributed by atoms with Crippen molar-refractivity contribution < 1.29 is 4.39 Å². The summed E-state index contributed by atoms with van der Waals surface area (Å²) in [5.74, 6) is 3.47. The standard InChI is InChI=1S/C22H27F/c1-2-15-6-7-17-13-18(9-8-16(17)12-15)19-10-11-21-20(14-19)4-3-5-22(21)23/h3-5,10-11,14-18H,2,6-9,12-13H2,1H3. The van der Waals surface area contributed by atoms with Gasteiger partial charge >= 0.3 is 0 Å². The molecular weight excluding hydrogens is 283 g/mol. The van der Waals surface area contributed by atoms with E-state index in [9.17, 15) is 4.39 Å². The van der Waals surface area contributed by atoms with E-state index in [1.165, 1.54) is 50.5 Å². The molecular formula is C22H27F. The van der Waals surface area contributed by atoms with Crippen LogP contribution in [0.25, 0.3) is 10.8 Å². The molecule has 0 aliphatic heterocycles. The third-order valence-corrected chi connectivity index (χ3v) is 6.62. The molecule has 4 unspecified atom stereocenters. The van der Waals surface area contributed by atoms with E-state index in [1.807, 2.05) is 18.2 Å². The topological polar surface area (TPSA) is 0 Å². The monoisotopic (exact) mass is 310 g/mol. The van der Waals surface area contributed by atoms with Crippen molar-refractivity contribution in [3.05, 3.63) is 47.8 Å². The van der Waals surface area contributed by atoms with Crippen LogP contribution in [-0.4, -0.2) is 0 Å². The summed E-state index contributed by atoms with van der Waals surface area (Å²) in [5, 5.41) is 1.81. The molecule has 4 rings (SSSR count). The van der Waals surface area contributed by atoms with E-state index in [-0.39, 0.29) is 5.82 Å². The zero-order valence-corrected chi connectivity index (χ0v) is 14.1. The zero-order valence-electron chi connectivity index (χ0n) is 14.1. The maximum absolute atomic E-state index is 13.9. The summed E-state index contributed by atoms with van der Waals surface area (Å²) in [4.78, 5) is 0. The van der Waals surface area contributed by atoms with E-state index in [2.05, 4.69) is 19.1 Å². The van der Waals surface area contributed by atoms with Crippen LogP contribution >= 0.6 is 0 Å². The lowest BCUT2D eigenvalue weighted by Gasteiger charge is -2.42. The minimum Gasteiger partial charge on any atom is -0.206 e. The first-order chi connectivity index (χ1) is 11.2. The second-order valence-corrected chi connectivity index (χ2v) is 7.84. The molecule has 0 N–H and O–H groups in total. The van der Waals surface area contributed by atoms with E-state index in [0.29, 0.717) is 5.92 Å². The molecule has 2 aliphatic carbocycles. The first kappa shape index (κ1) is 15.2. The Bertz CT molecular complexity index is 689. The van der Waals surface area contributed by atoms with Crippen molar-refractivity contribution >= 4 is 10.8 Å². The molecule has 122 valence electrons. The van der Waals surface area contributed by atoms with Crippen molar-refractivity contribution in [2.24, 2.45) is 17.8 Å². The molecule has 0 saturated heterocycles. The van der Waals surface area contributed by atoms with Crippen LogP contribution in [0.5, 0.6) is 0 Å². The molecule has 2 aromatic carbocycles. The largest absolute Gasteiger partial charge is 0.206 e. The number of benzene rings is 2. The number of hydrogen-bond acceptors (Lipinski definition) is 0. The first-order valence-corrected chi connectivity index (χ1v) is 9.42. The van der Waals surface area contributed by atoms with Gasteiger partial charge in [-0.1, -0.05) is 50.1 Å². The molecule has 0 aromatic heterocycles. The highest BCUT2D eigenvalue weighted by Crippen LogP contribution is 2.48. The van der Waals surface area contributed by atoms with Crippen molar-refractivity contribution in [3.63, 3.8) is 0 Å². The molecule has 2 aliphatic rings. The number of halogens is 1.